The summed E-state index contributed by atoms with van der Waals surface area (Å²) in [6.45, 7) is 6.79. The van der Waals surface area contributed by atoms with Gasteiger partial charge in [-0.1, -0.05) is 13.8 Å². The lowest BCUT2D eigenvalue weighted by Crippen LogP contribution is -2.31. The molecule has 1 amide bonds. The van der Waals surface area contributed by atoms with Gasteiger partial charge < -0.3 is 11.1 Å². The van der Waals surface area contributed by atoms with Crippen LogP contribution in [0.25, 0.3) is 11.2 Å². The highest BCUT2D eigenvalue weighted by Gasteiger charge is 2.12. The van der Waals surface area contributed by atoms with E-state index in [0.29, 0.717) is 29.6 Å². The Bertz CT molecular complexity index is 602. The molecule has 0 radical (unpaired) electrons. The first-order chi connectivity index (χ1) is 8.97. The second-order valence-corrected chi connectivity index (χ2v) is 5.05. The lowest BCUT2D eigenvalue weighted by molar-refractivity contribution is -0.121. The molecule has 2 aromatic rings. The van der Waals surface area contributed by atoms with Crippen LogP contribution >= 0.6 is 0 Å². The zero-order chi connectivity index (χ0) is 14.0. The minimum Gasteiger partial charge on any atom is -0.369 e. The van der Waals surface area contributed by atoms with Gasteiger partial charge in [-0.15, -0.1) is 0 Å². The van der Waals surface area contributed by atoms with Crippen LogP contribution in [-0.4, -0.2) is 27.0 Å². The molecule has 3 N–H and O–H groups in total. The molecule has 0 bridgehead atoms. The molecule has 0 unspecified atom stereocenters. The van der Waals surface area contributed by atoms with Gasteiger partial charge in [-0.3, -0.25) is 9.36 Å². The first-order valence-corrected chi connectivity index (χ1v) is 6.33. The first-order valence-electron chi connectivity index (χ1n) is 6.33. The predicted molar refractivity (Wildman–Crippen MR) is 74.5 cm³/mol. The standard InChI is InChI=1S/C13H19N5O/c1-8(2)6-15-11(19)7-18-12-10(17-13(18)14)5-4-9(3)16-12/h4-5,8H,6-7H2,1-3H3,(H2,14,17)(H,15,19). The molecule has 6 heteroatoms. The molecule has 102 valence electrons. The molecule has 2 aromatic heterocycles. The van der Waals surface area contributed by atoms with Gasteiger partial charge in [0.05, 0.1) is 0 Å². The molecule has 0 saturated heterocycles. The summed E-state index contributed by atoms with van der Waals surface area (Å²) in [5, 5.41) is 2.86. The molecule has 2 rings (SSSR count). The number of imidazole rings is 1. The fourth-order valence-electron chi connectivity index (χ4n) is 1.79. The molecule has 0 spiro atoms. The van der Waals surface area contributed by atoms with Crippen molar-refractivity contribution in [2.45, 2.75) is 27.3 Å². The smallest absolute Gasteiger partial charge is 0.240 e. The van der Waals surface area contributed by atoms with Gasteiger partial charge in [0.15, 0.2) is 5.65 Å². The van der Waals surface area contributed by atoms with Crippen molar-refractivity contribution in [1.29, 1.82) is 0 Å². The molecule has 0 fully saturated rings. The summed E-state index contributed by atoms with van der Waals surface area (Å²) in [6, 6.07) is 3.73. The lowest BCUT2D eigenvalue weighted by atomic mass is 10.2. The van der Waals surface area contributed by atoms with E-state index < -0.39 is 0 Å². The zero-order valence-electron chi connectivity index (χ0n) is 11.5. The SMILES string of the molecule is Cc1ccc2nc(N)n(CC(=O)NCC(C)C)c2n1. The molecule has 6 nitrogen and oxygen atoms in total. The fourth-order valence-corrected chi connectivity index (χ4v) is 1.79. The van der Waals surface area contributed by atoms with E-state index in [0.717, 1.165) is 5.69 Å². The van der Waals surface area contributed by atoms with Crippen LogP contribution in [0.1, 0.15) is 19.5 Å². The van der Waals surface area contributed by atoms with Crippen LogP contribution in [0.4, 0.5) is 5.95 Å². The molecule has 0 atom stereocenters. The number of hydrogen-bond donors (Lipinski definition) is 2. The van der Waals surface area contributed by atoms with E-state index in [-0.39, 0.29) is 12.5 Å². The zero-order valence-corrected chi connectivity index (χ0v) is 11.5. The Morgan fingerprint density at radius 1 is 1.42 bits per heavy atom. The van der Waals surface area contributed by atoms with E-state index in [1.165, 1.54) is 0 Å². The van der Waals surface area contributed by atoms with Crippen molar-refractivity contribution < 1.29 is 4.79 Å². The van der Waals surface area contributed by atoms with Gasteiger partial charge in [-0.25, -0.2) is 9.97 Å². The maximum atomic E-state index is 11.9. The number of carbonyl (C=O) groups is 1. The summed E-state index contributed by atoms with van der Waals surface area (Å²) in [6.07, 6.45) is 0. The predicted octanol–water partition coefficient (Wildman–Crippen LogP) is 1.09. The number of rotatable bonds is 4. The topological polar surface area (TPSA) is 85.8 Å². The highest BCUT2D eigenvalue weighted by atomic mass is 16.1. The van der Waals surface area contributed by atoms with Crippen molar-refractivity contribution >= 4 is 23.0 Å². The number of anilines is 1. The van der Waals surface area contributed by atoms with Crippen LogP contribution in [0.15, 0.2) is 12.1 Å². The van der Waals surface area contributed by atoms with Crippen molar-refractivity contribution in [2.24, 2.45) is 5.92 Å². The van der Waals surface area contributed by atoms with Crippen molar-refractivity contribution in [3.05, 3.63) is 17.8 Å². The van der Waals surface area contributed by atoms with Gasteiger partial charge in [0.2, 0.25) is 11.9 Å². The lowest BCUT2D eigenvalue weighted by Gasteiger charge is -2.09. The van der Waals surface area contributed by atoms with Gasteiger partial charge >= 0.3 is 0 Å². The minimum absolute atomic E-state index is 0.0805. The second kappa shape index (κ2) is 5.26. The highest BCUT2D eigenvalue weighted by Crippen LogP contribution is 2.15. The number of nitrogen functional groups attached to an aromatic ring is 1. The molecule has 0 aliphatic rings. The number of hydrogen-bond acceptors (Lipinski definition) is 4. The van der Waals surface area contributed by atoms with Gasteiger partial charge in [0, 0.05) is 12.2 Å². The maximum Gasteiger partial charge on any atom is 0.240 e. The Morgan fingerprint density at radius 3 is 2.84 bits per heavy atom. The average Bonchev–Trinajstić information content (AvgIpc) is 2.63. The van der Waals surface area contributed by atoms with Crippen molar-refractivity contribution in [3.8, 4) is 0 Å². The number of aromatic nitrogens is 3. The Hall–Kier alpha value is -2.11. The third-order valence-electron chi connectivity index (χ3n) is 2.77. The number of nitrogens with one attached hydrogen (secondary N) is 1. The largest absolute Gasteiger partial charge is 0.369 e. The Labute approximate surface area is 112 Å². The second-order valence-electron chi connectivity index (χ2n) is 5.05. The molecule has 2 heterocycles. The van der Waals surface area contributed by atoms with Gasteiger partial charge in [0.1, 0.15) is 12.1 Å². The summed E-state index contributed by atoms with van der Waals surface area (Å²) < 4.78 is 1.64. The van der Waals surface area contributed by atoms with Gasteiger partial charge in [-0.05, 0) is 25.0 Å². The summed E-state index contributed by atoms with van der Waals surface area (Å²) in [5.74, 6) is 0.650. The molecule has 0 aliphatic heterocycles. The van der Waals surface area contributed by atoms with E-state index >= 15 is 0 Å². The summed E-state index contributed by atoms with van der Waals surface area (Å²) >= 11 is 0. The fraction of sp³-hybridized carbons (Fsp3) is 0.462. The molecule has 0 aromatic carbocycles. The van der Waals surface area contributed by atoms with Gasteiger partial charge in [-0.2, -0.15) is 0 Å². The Kier molecular flexibility index (Phi) is 3.69. The molecule has 0 aliphatic carbocycles. The summed E-state index contributed by atoms with van der Waals surface area (Å²) in [7, 11) is 0. The quantitative estimate of drug-likeness (QED) is 0.862. The minimum atomic E-state index is -0.0805. The van der Waals surface area contributed by atoms with Crippen LogP contribution in [0.2, 0.25) is 0 Å². The van der Waals surface area contributed by atoms with Crippen molar-refractivity contribution in [2.75, 3.05) is 12.3 Å². The third-order valence-corrected chi connectivity index (χ3v) is 2.77. The normalized spacial score (nSPS) is 11.2. The monoisotopic (exact) mass is 261 g/mol. The number of nitrogens with zero attached hydrogens (tertiary/aromatic N) is 3. The van der Waals surface area contributed by atoms with Crippen LogP contribution < -0.4 is 11.1 Å². The van der Waals surface area contributed by atoms with E-state index in [1.807, 2.05) is 32.9 Å². The summed E-state index contributed by atoms with van der Waals surface area (Å²) in [5.41, 5.74) is 8.07. The van der Waals surface area contributed by atoms with E-state index in [1.54, 1.807) is 4.57 Å². The average molecular weight is 261 g/mol. The first kappa shape index (κ1) is 13.3. The number of fused-ring (bicyclic) bond motifs is 1. The van der Waals surface area contributed by atoms with Crippen molar-refractivity contribution in [3.63, 3.8) is 0 Å². The number of nitrogens with two attached hydrogens (primary N) is 1. The number of pyridine rings is 1. The van der Waals surface area contributed by atoms with Crippen LogP contribution in [0.3, 0.4) is 0 Å². The van der Waals surface area contributed by atoms with Crippen molar-refractivity contribution in [1.82, 2.24) is 19.9 Å². The van der Waals surface area contributed by atoms with Gasteiger partial charge in [0.25, 0.3) is 0 Å². The number of amides is 1. The van der Waals surface area contributed by atoms with Crippen LogP contribution in [-0.2, 0) is 11.3 Å². The maximum absolute atomic E-state index is 11.9. The Balaban J connectivity index is 2.22. The highest BCUT2D eigenvalue weighted by molar-refractivity contribution is 5.80. The van der Waals surface area contributed by atoms with Crippen LogP contribution in [0, 0.1) is 12.8 Å². The third kappa shape index (κ3) is 3.01. The van der Waals surface area contributed by atoms with E-state index in [2.05, 4.69) is 15.3 Å². The molecule has 0 saturated carbocycles. The van der Waals surface area contributed by atoms with Crippen LogP contribution in [0.5, 0.6) is 0 Å². The molecular weight excluding hydrogens is 242 g/mol. The molecular formula is C13H19N5O. The molecule has 19 heavy (non-hydrogen) atoms. The number of aryl methyl sites for hydroxylation is 1. The van der Waals surface area contributed by atoms with E-state index in [9.17, 15) is 4.79 Å². The Morgan fingerprint density at radius 2 is 2.16 bits per heavy atom. The summed E-state index contributed by atoms with van der Waals surface area (Å²) in [4.78, 5) is 20.4. The number of carbonyl (C=O) groups excluding carboxylic acids is 1. The van der Waals surface area contributed by atoms with E-state index in [4.69, 9.17) is 5.73 Å².